The molecule has 2 unspecified atom stereocenters. The van der Waals surface area contributed by atoms with Crippen LogP contribution < -0.4 is 10.1 Å². The number of nitrogens with one attached hydrogen (secondary N) is 1. The lowest BCUT2D eigenvalue weighted by molar-refractivity contribution is -0.118. The highest BCUT2D eigenvalue weighted by molar-refractivity contribution is 5.96. The Morgan fingerprint density at radius 3 is 2.21 bits per heavy atom. The number of rotatable bonds is 13. The van der Waals surface area contributed by atoms with Gasteiger partial charge in [0, 0.05) is 45.8 Å². The zero-order valence-corrected chi connectivity index (χ0v) is 27.7. The lowest BCUT2D eigenvalue weighted by Crippen LogP contribution is -2.49. The first-order valence-corrected chi connectivity index (χ1v) is 16.6. The summed E-state index contributed by atoms with van der Waals surface area (Å²) in [6.07, 6.45) is -1.02. The number of nitrogens with zero attached hydrogens (tertiary/aromatic N) is 2. The van der Waals surface area contributed by atoms with Gasteiger partial charge in [-0.2, -0.15) is 0 Å². The van der Waals surface area contributed by atoms with E-state index in [0.717, 1.165) is 66.3 Å². The van der Waals surface area contributed by atoms with E-state index in [1.165, 1.54) is 17.7 Å². The fourth-order valence-corrected chi connectivity index (χ4v) is 6.31. The summed E-state index contributed by atoms with van der Waals surface area (Å²) < 4.78 is 32.3. The molecule has 0 radical (unpaired) electrons. The summed E-state index contributed by atoms with van der Waals surface area (Å²) in [6, 6.07) is 32.7. The first-order chi connectivity index (χ1) is 23.4. The second-order valence-electron chi connectivity index (χ2n) is 12.6. The van der Waals surface area contributed by atoms with Crippen LogP contribution in [0.1, 0.15) is 33.9 Å². The van der Waals surface area contributed by atoms with Gasteiger partial charge in [0.1, 0.15) is 17.7 Å². The number of benzene rings is 4. The first kappa shape index (κ1) is 33.6. The molecule has 0 aliphatic carbocycles. The van der Waals surface area contributed by atoms with E-state index in [0.29, 0.717) is 25.3 Å². The standard InChI is InChI=1S/C40H44FN3O4/c1-29-8-10-30(11-9-29)24-42-40(45)38-36(28-48-39(38)33-14-16-34(41)17-15-33)37(47-27-32-12-18-35(46-2)19-13-32)26-44-22-20-43(21-23-44)25-31-6-4-3-5-7-31/h3-19,37,39H,20-28H2,1-2H3,(H,42,45). The second-order valence-corrected chi connectivity index (χ2v) is 12.6. The molecule has 6 rings (SSSR count). The van der Waals surface area contributed by atoms with Crippen LogP contribution in [0.25, 0.3) is 0 Å². The van der Waals surface area contributed by atoms with Crippen molar-refractivity contribution in [1.29, 1.82) is 0 Å². The van der Waals surface area contributed by atoms with Crippen molar-refractivity contribution >= 4 is 5.91 Å². The third kappa shape index (κ3) is 8.76. The Kier molecular flexibility index (Phi) is 11.3. The molecule has 0 aromatic heterocycles. The van der Waals surface area contributed by atoms with Gasteiger partial charge in [-0.05, 0) is 59.0 Å². The molecule has 250 valence electrons. The molecule has 48 heavy (non-hydrogen) atoms. The molecule has 2 heterocycles. The van der Waals surface area contributed by atoms with Crippen molar-refractivity contribution in [2.45, 2.75) is 38.8 Å². The van der Waals surface area contributed by atoms with Crippen LogP contribution >= 0.6 is 0 Å². The molecule has 1 amide bonds. The summed E-state index contributed by atoms with van der Waals surface area (Å²) in [5.41, 5.74) is 6.58. The highest BCUT2D eigenvalue weighted by Crippen LogP contribution is 2.37. The Bertz CT molecular complexity index is 1650. The van der Waals surface area contributed by atoms with E-state index in [1.54, 1.807) is 19.2 Å². The van der Waals surface area contributed by atoms with Crippen molar-refractivity contribution in [3.8, 4) is 5.75 Å². The van der Waals surface area contributed by atoms with E-state index in [-0.39, 0.29) is 18.3 Å². The predicted octanol–water partition coefficient (Wildman–Crippen LogP) is 6.23. The number of methoxy groups -OCH3 is 1. The number of amides is 1. The Labute approximate surface area is 282 Å². The van der Waals surface area contributed by atoms with Gasteiger partial charge in [-0.1, -0.05) is 84.4 Å². The average Bonchev–Trinajstić information content (AvgIpc) is 3.57. The van der Waals surface area contributed by atoms with Gasteiger partial charge in [0.15, 0.2) is 0 Å². The molecular weight excluding hydrogens is 605 g/mol. The fourth-order valence-electron chi connectivity index (χ4n) is 6.31. The van der Waals surface area contributed by atoms with Crippen molar-refractivity contribution < 1.29 is 23.4 Å². The highest BCUT2D eigenvalue weighted by Gasteiger charge is 2.37. The molecule has 1 fully saturated rings. The Balaban J connectivity index is 1.25. The monoisotopic (exact) mass is 649 g/mol. The van der Waals surface area contributed by atoms with Gasteiger partial charge < -0.3 is 19.5 Å². The molecule has 2 aliphatic heterocycles. The van der Waals surface area contributed by atoms with Crippen molar-refractivity contribution in [3.63, 3.8) is 0 Å². The van der Waals surface area contributed by atoms with Crippen LogP contribution in [-0.4, -0.2) is 68.3 Å². The SMILES string of the molecule is COc1ccc(COC(CN2CCN(Cc3ccccc3)CC2)C2=C(C(=O)NCc3ccc(C)cc3)C(c3ccc(F)cc3)OC2)cc1. The zero-order chi connectivity index (χ0) is 33.3. The Morgan fingerprint density at radius 2 is 1.52 bits per heavy atom. The largest absolute Gasteiger partial charge is 0.497 e. The van der Waals surface area contributed by atoms with Crippen LogP contribution in [0.15, 0.2) is 114 Å². The molecule has 2 aliphatic rings. The first-order valence-electron chi connectivity index (χ1n) is 16.6. The van der Waals surface area contributed by atoms with Crippen LogP contribution in [-0.2, 0) is 34.0 Å². The Morgan fingerprint density at radius 1 is 0.854 bits per heavy atom. The summed E-state index contributed by atoms with van der Waals surface area (Å²) in [5, 5.41) is 3.13. The summed E-state index contributed by atoms with van der Waals surface area (Å²) in [7, 11) is 1.65. The van der Waals surface area contributed by atoms with Gasteiger partial charge >= 0.3 is 0 Å². The molecule has 1 saturated heterocycles. The van der Waals surface area contributed by atoms with Crippen molar-refractivity contribution in [2.24, 2.45) is 0 Å². The lowest BCUT2D eigenvalue weighted by Gasteiger charge is -2.36. The zero-order valence-electron chi connectivity index (χ0n) is 27.7. The fraction of sp³-hybridized carbons (Fsp3) is 0.325. The maximum Gasteiger partial charge on any atom is 0.250 e. The van der Waals surface area contributed by atoms with Crippen LogP contribution in [0.4, 0.5) is 4.39 Å². The van der Waals surface area contributed by atoms with E-state index in [1.807, 2.05) is 61.5 Å². The van der Waals surface area contributed by atoms with Crippen molar-refractivity contribution in [3.05, 3.63) is 148 Å². The number of aryl methyl sites for hydroxylation is 1. The third-order valence-corrected chi connectivity index (χ3v) is 9.14. The molecule has 0 spiro atoms. The predicted molar refractivity (Wildman–Crippen MR) is 185 cm³/mol. The maximum atomic E-state index is 14.1. The number of hydrogen-bond acceptors (Lipinski definition) is 6. The summed E-state index contributed by atoms with van der Waals surface area (Å²) in [5.74, 6) is 0.242. The topological polar surface area (TPSA) is 63.3 Å². The molecular formula is C40H44FN3O4. The van der Waals surface area contributed by atoms with Gasteiger partial charge in [-0.25, -0.2) is 4.39 Å². The summed E-state index contributed by atoms with van der Waals surface area (Å²) in [4.78, 5) is 19.0. The van der Waals surface area contributed by atoms with Gasteiger partial charge in [0.2, 0.25) is 0 Å². The van der Waals surface area contributed by atoms with Crippen LogP contribution in [0.2, 0.25) is 0 Å². The minimum Gasteiger partial charge on any atom is -0.497 e. The number of carbonyl (C=O) groups excluding carboxylic acids is 1. The van der Waals surface area contributed by atoms with Crippen LogP contribution in [0.5, 0.6) is 5.75 Å². The molecule has 0 saturated carbocycles. The van der Waals surface area contributed by atoms with E-state index >= 15 is 0 Å². The third-order valence-electron chi connectivity index (χ3n) is 9.14. The van der Waals surface area contributed by atoms with Crippen molar-refractivity contribution in [2.75, 3.05) is 46.4 Å². The Hall–Kier alpha value is -4.34. The van der Waals surface area contributed by atoms with Gasteiger partial charge in [0.25, 0.3) is 5.91 Å². The minimum absolute atomic E-state index is 0.205. The van der Waals surface area contributed by atoms with E-state index in [9.17, 15) is 9.18 Å². The van der Waals surface area contributed by atoms with Crippen LogP contribution in [0, 0.1) is 12.7 Å². The normalized spacial score (nSPS) is 17.8. The highest BCUT2D eigenvalue weighted by atomic mass is 19.1. The molecule has 2 atom stereocenters. The van der Waals surface area contributed by atoms with Crippen LogP contribution in [0.3, 0.4) is 0 Å². The van der Waals surface area contributed by atoms with Gasteiger partial charge in [-0.15, -0.1) is 0 Å². The number of hydrogen-bond donors (Lipinski definition) is 1. The molecule has 0 bridgehead atoms. The summed E-state index contributed by atoms with van der Waals surface area (Å²) in [6.45, 7) is 8.25. The number of piperazine rings is 1. The number of ether oxygens (including phenoxy) is 3. The van der Waals surface area contributed by atoms with Gasteiger partial charge in [-0.3, -0.25) is 14.6 Å². The minimum atomic E-state index is -0.631. The van der Waals surface area contributed by atoms with E-state index in [2.05, 4.69) is 39.4 Å². The molecule has 4 aromatic carbocycles. The molecule has 8 heteroatoms. The van der Waals surface area contributed by atoms with E-state index < -0.39 is 12.2 Å². The number of halogens is 1. The average molecular weight is 650 g/mol. The molecule has 1 N–H and O–H groups in total. The van der Waals surface area contributed by atoms with E-state index in [4.69, 9.17) is 14.2 Å². The summed E-state index contributed by atoms with van der Waals surface area (Å²) >= 11 is 0. The van der Waals surface area contributed by atoms with Gasteiger partial charge in [0.05, 0.1) is 32.0 Å². The molecule has 4 aromatic rings. The maximum absolute atomic E-state index is 14.1. The second kappa shape index (κ2) is 16.2. The quantitative estimate of drug-likeness (QED) is 0.185. The van der Waals surface area contributed by atoms with Crippen molar-refractivity contribution in [1.82, 2.24) is 15.1 Å². The smallest absolute Gasteiger partial charge is 0.250 e. The lowest BCUT2D eigenvalue weighted by atomic mass is 9.95. The number of carbonyl (C=O) groups is 1. The molecule has 7 nitrogen and oxygen atoms in total.